The van der Waals surface area contributed by atoms with E-state index in [9.17, 15) is 14.4 Å². The van der Waals surface area contributed by atoms with Gasteiger partial charge in [0.2, 0.25) is 0 Å². The number of Topliss-reactive ketones (excluding diaryl/α,β-unsaturated/α-hetero) is 1. The molecule has 1 atom stereocenters. The van der Waals surface area contributed by atoms with E-state index in [1.54, 1.807) is 48.5 Å². The first kappa shape index (κ1) is 33.9. The van der Waals surface area contributed by atoms with Crippen LogP contribution in [-0.2, 0) is 16.1 Å². The number of unbranched alkanes of at least 4 members (excludes halogenated alkanes) is 1. The third kappa shape index (κ3) is 8.72. The molecule has 0 bridgehead atoms. The highest BCUT2D eigenvalue weighted by Crippen LogP contribution is 2.33. The average molecular weight is 693 g/mol. The molecule has 4 N–H and O–H groups in total. The summed E-state index contributed by atoms with van der Waals surface area (Å²) in [5.74, 6) is -0.988. The summed E-state index contributed by atoms with van der Waals surface area (Å²) in [5.41, 5.74) is 12.8. The number of carbonyl (C=O) groups excluding carboxylic acids is 2. The summed E-state index contributed by atoms with van der Waals surface area (Å²) in [6.07, 6.45) is 1.94. The molecule has 0 aliphatic rings. The van der Waals surface area contributed by atoms with Crippen molar-refractivity contribution < 1.29 is 14.3 Å². The van der Waals surface area contributed by atoms with Crippen molar-refractivity contribution in [1.29, 1.82) is 0 Å². The van der Waals surface area contributed by atoms with Crippen LogP contribution in [0.25, 0.3) is 22.4 Å². The van der Waals surface area contributed by atoms with Crippen molar-refractivity contribution in [3.05, 3.63) is 74.5 Å². The van der Waals surface area contributed by atoms with Gasteiger partial charge in [0.15, 0.2) is 5.78 Å². The Hall–Kier alpha value is -2.08. The minimum Gasteiger partial charge on any atom is -0.463 e. The summed E-state index contributed by atoms with van der Waals surface area (Å²) in [7, 11) is 0. The van der Waals surface area contributed by atoms with E-state index in [0.29, 0.717) is 51.8 Å². The van der Waals surface area contributed by atoms with Crippen LogP contribution >= 0.6 is 57.2 Å². The molecule has 3 rings (SSSR count). The zero-order chi connectivity index (χ0) is 26.2. The van der Waals surface area contributed by atoms with Crippen LogP contribution in [0.4, 0.5) is 0 Å². The maximum Gasteiger partial charge on any atom is 0.322 e. The fourth-order valence-electron chi connectivity index (χ4n) is 3.72. The minimum absolute atomic E-state index is 0. The molecule has 0 unspecified atom stereocenters. The Kier molecular flexibility index (Phi) is 14.4. The lowest BCUT2D eigenvalue weighted by Gasteiger charge is -2.17. The molecule has 1 aromatic heterocycles. The van der Waals surface area contributed by atoms with Gasteiger partial charge in [-0.3, -0.25) is 14.4 Å². The van der Waals surface area contributed by atoms with E-state index in [4.69, 9.17) is 39.4 Å². The van der Waals surface area contributed by atoms with Crippen LogP contribution in [-0.4, -0.2) is 40.7 Å². The molecule has 0 saturated carbocycles. The van der Waals surface area contributed by atoms with Gasteiger partial charge in [-0.05, 0) is 56.1 Å². The normalized spacial score (nSPS) is 11.2. The van der Waals surface area contributed by atoms with Gasteiger partial charge in [-0.2, -0.15) is 5.10 Å². The summed E-state index contributed by atoms with van der Waals surface area (Å²) < 4.78 is 6.40. The molecule has 0 fully saturated rings. The first-order valence-corrected chi connectivity index (χ1v) is 12.3. The Morgan fingerprint density at radius 2 is 1.53 bits per heavy atom. The lowest BCUT2D eigenvalue weighted by molar-refractivity contribution is -0.145. The van der Waals surface area contributed by atoms with Crippen LogP contribution in [0.15, 0.2) is 53.3 Å². The zero-order valence-electron chi connectivity index (χ0n) is 20.7. The Morgan fingerprint density at radius 1 is 0.974 bits per heavy atom. The monoisotopic (exact) mass is 690 g/mol. The summed E-state index contributed by atoms with van der Waals surface area (Å²) in [5, 5.41) is 5.60. The van der Waals surface area contributed by atoms with Gasteiger partial charge in [0.25, 0.3) is 5.56 Å². The van der Waals surface area contributed by atoms with Crippen molar-refractivity contribution in [1.82, 2.24) is 9.78 Å². The van der Waals surface area contributed by atoms with Crippen LogP contribution < -0.4 is 17.0 Å². The molecule has 206 valence electrons. The SMILES string of the molecule is Br.Br.CC(=O)c1c(-c2ccc(Cl)cc2)c(-c2ccc(Cl)cc2)nn(CCOC(=O)[C@@H](N)CCCCN)c1=O. The first-order chi connectivity index (χ1) is 17.2. The lowest BCUT2D eigenvalue weighted by atomic mass is 9.94. The van der Waals surface area contributed by atoms with Gasteiger partial charge in [-0.1, -0.05) is 53.9 Å². The van der Waals surface area contributed by atoms with Gasteiger partial charge >= 0.3 is 5.97 Å². The van der Waals surface area contributed by atoms with Gasteiger partial charge in [0.05, 0.1) is 17.8 Å². The maximum atomic E-state index is 13.3. The summed E-state index contributed by atoms with van der Waals surface area (Å²) in [6.45, 7) is 1.67. The van der Waals surface area contributed by atoms with Crippen LogP contribution in [0.5, 0.6) is 0 Å². The van der Waals surface area contributed by atoms with E-state index in [0.717, 1.165) is 11.1 Å². The summed E-state index contributed by atoms with van der Waals surface area (Å²) in [4.78, 5) is 38.3. The maximum absolute atomic E-state index is 13.3. The number of ketones is 1. The van der Waals surface area contributed by atoms with E-state index in [2.05, 4.69) is 5.10 Å². The summed E-state index contributed by atoms with van der Waals surface area (Å²) in [6, 6.07) is 12.9. The molecule has 0 radical (unpaired) electrons. The van der Waals surface area contributed by atoms with E-state index >= 15 is 0 Å². The second kappa shape index (κ2) is 16.1. The fourth-order valence-corrected chi connectivity index (χ4v) is 3.97. The predicted molar refractivity (Wildman–Crippen MR) is 162 cm³/mol. The second-order valence-corrected chi connectivity index (χ2v) is 9.13. The third-order valence-corrected chi connectivity index (χ3v) is 6.08. The number of carbonyl (C=O) groups is 2. The molecule has 2 aromatic carbocycles. The Bertz CT molecular complexity index is 1290. The quantitative estimate of drug-likeness (QED) is 0.160. The van der Waals surface area contributed by atoms with Crippen LogP contribution in [0.3, 0.4) is 0 Å². The average Bonchev–Trinajstić information content (AvgIpc) is 2.85. The number of hydrogen-bond acceptors (Lipinski definition) is 7. The number of aromatic nitrogens is 2. The molecule has 0 saturated heterocycles. The van der Waals surface area contributed by atoms with E-state index in [-0.39, 0.29) is 52.7 Å². The van der Waals surface area contributed by atoms with E-state index in [1.165, 1.54) is 6.92 Å². The molecule has 0 aliphatic carbocycles. The third-order valence-electron chi connectivity index (χ3n) is 5.58. The Morgan fingerprint density at radius 3 is 2.05 bits per heavy atom. The van der Waals surface area contributed by atoms with Gasteiger partial charge in [0.1, 0.15) is 12.6 Å². The lowest BCUT2D eigenvalue weighted by Crippen LogP contribution is -2.35. The molecular weight excluding hydrogens is 663 g/mol. The Balaban J connectivity index is 0.00000361. The largest absolute Gasteiger partial charge is 0.463 e. The number of benzene rings is 2. The highest BCUT2D eigenvalue weighted by atomic mass is 79.9. The number of rotatable bonds is 11. The van der Waals surface area contributed by atoms with Crippen LogP contribution in [0.2, 0.25) is 10.0 Å². The van der Waals surface area contributed by atoms with Gasteiger partial charge in [-0.15, -0.1) is 34.0 Å². The van der Waals surface area contributed by atoms with Gasteiger partial charge in [-0.25, -0.2) is 4.68 Å². The van der Waals surface area contributed by atoms with Crippen molar-refractivity contribution in [2.45, 2.75) is 38.8 Å². The molecule has 38 heavy (non-hydrogen) atoms. The molecule has 8 nitrogen and oxygen atoms in total. The molecule has 0 aliphatic heterocycles. The van der Waals surface area contributed by atoms with Gasteiger partial charge < -0.3 is 16.2 Å². The van der Waals surface area contributed by atoms with Gasteiger partial charge in [0, 0.05) is 21.2 Å². The molecule has 12 heteroatoms. The van der Waals surface area contributed by atoms with Crippen LogP contribution in [0, 0.1) is 0 Å². The van der Waals surface area contributed by atoms with Crippen molar-refractivity contribution in [3.63, 3.8) is 0 Å². The predicted octanol–water partition coefficient (Wildman–Crippen LogP) is 5.24. The second-order valence-electron chi connectivity index (χ2n) is 8.26. The van der Waals surface area contributed by atoms with Crippen molar-refractivity contribution >= 4 is 68.9 Å². The van der Waals surface area contributed by atoms with Crippen molar-refractivity contribution in [2.75, 3.05) is 13.2 Å². The molecule has 0 spiro atoms. The Labute approximate surface area is 252 Å². The molecule has 1 heterocycles. The molecule has 0 amide bonds. The number of halogens is 4. The minimum atomic E-state index is -0.772. The molecule has 3 aromatic rings. The van der Waals surface area contributed by atoms with Crippen molar-refractivity contribution in [2.24, 2.45) is 11.5 Å². The van der Waals surface area contributed by atoms with Crippen molar-refractivity contribution in [3.8, 4) is 22.4 Å². The highest BCUT2D eigenvalue weighted by Gasteiger charge is 2.23. The number of ether oxygens (including phenoxy) is 1. The van der Waals surface area contributed by atoms with E-state index < -0.39 is 23.4 Å². The standard InChI is InChI=1S/C26H28Cl2N4O4.2BrH/c1-16(33)22-23(17-5-9-19(27)10-6-17)24(18-7-11-20(28)12-8-18)31-32(25(22)34)14-15-36-26(35)21(30)4-2-3-13-29;;/h5-12,21H,2-4,13-15,29-30H2,1H3;2*1H/t21-;;/m0../s1. The smallest absolute Gasteiger partial charge is 0.322 e. The topological polar surface area (TPSA) is 130 Å². The fraction of sp³-hybridized carbons (Fsp3) is 0.308. The number of esters is 1. The molecular formula is C26H30Br2Cl2N4O4. The first-order valence-electron chi connectivity index (χ1n) is 11.5. The van der Waals surface area contributed by atoms with Crippen LogP contribution in [0.1, 0.15) is 36.5 Å². The summed E-state index contributed by atoms with van der Waals surface area (Å²) >= 11 is 12.1. The van der Waals surface area contributed by atoms with E-state index in [1.807, 2.05) is 0 Å². The highest BCUT2D eigenvalue weighted by molar-refractivity contribution is 8.93. The number of nitrogens with two attached hydrogens (primary N) is 2. The number of nitrogens with zero attached hydrogens (tertiary/aromatic N) is 2. The number of hydrogen-bond donors (Lipinski definition) is 2. The zero-order valence-corrected chi connectivity index (χ0v) is 25.6.